The molecule has 0 heterocycles. The lowest BCUT2D eigenvalue weighted by molar-refractivity contribution is -0.165. The van der Waals surface area contributed by atoms with Gasteiger partial charge in [-0.2, -0.15) is 0 Å². The Morgan fingerprint density at radius 1 is 0.824 bits per heavy atom. The van der Waals surface area contributed by atoms with Gasteiger partial charge in [0.2, 0.25) is 0 Å². The molecule has 0 fully saturated rings. The van der Waals surface area contributed by atoms with Gasteiger partial charge in [0, 0.05) is 13.8 Å². The zero-order valence-corrected chi connectivity index (χ0v) is 8.98. The number of carbonyl (C=O) groups excluding carboxylic acids is 2. The van der Waals surface area contributed by atoms with Gasteiger partial charge in [0.15, 0.2) is 12.2 Å². The molecule has 0 aliphatic rings. The predicted octanol–water partition coefficient (Wildman–Crippen LogP) is -2.03. The lowest BCUT2D eigenvalue weighted by Crippen LogP contribution is -2.39. The van der Waals surface area contributed by atoms with Crippen LogP contribution in [0.25, 0.3) is 0 Å². The molecule has 0 aliphatic carbocycles. The summed E-state index contributed by atoms with van der Waals surface area (Å²) in [7, 11) is 0. The van der Waals surface area contributed by atoms with Crippen molar-refractivity contribution in [2.24, 2.45) is 0 Å². The first kappa shape index (κ1) is 17.4. The standard InChI is InChI=1S/C4H6O6.C4H6O3/c5-1(3(7)8)2(6)4(9)10;1-3(5)7-4(2)6/h1-2,5-6H,(H,7,8)(H,9,10);1-2H3. The summed E-state index contributed by atoms with van der Waals surface area (Å²) in [6.45, 7) is 2.36. The maximum Gasteiger partial charge on any atom is 0.335 e. The summed E-state index contributed by atoms with van der Waals surface area (Å²) in [4.78, 5) is 39.2. The Bertz CT molecular complexity index is 278. The molecule has 0 spiro atoms. The molecule has 2 unspecified atom stereocenters. The van der Waals surface area contributed by atoms with E-state index in [-0.39, 0.29) is 0 Å². The zero-order chi connectivity index (χ0) is 14.2. The topological polar surface area (TPSA) is 158 Å². The molecule has 4 N–H and O–H groups in total. The van der Waals surface area contributed by atoms with Gasteiger partial charge in [-0.3, -0.25) is 9.59 Å². The molecule has 2 atom stereocenters. The van der Waals surface area contributed by atoms with Gasteiger partial charge in [0.25, 0.3) is 0 Å². The Labute approximate surface area is 95.2 Å². The second-order valence-corrected chi connectivity index (χ2v) is 2.65. The molecule has 0 aromatic carbocycles. The average molecular weight is 252 g/mol. The Morgan fingerprint density at radius 2 is 1.06 bits per heavy atom. The molecule has 98 valence electrons. The van der Waals surface area contributed by atoms with E-state index in [0.29, 0.717) is 0 Å². The summed E-state index contributed by atoms with van der Waals surface area (Å²) in [5, 5.41) is 32.5. The molecule has 9 nitrogen and oxygen atoms in total. The molecular weight excluding hydrogens is 240 g/mol. The van der Waals surface area contributed by atoms with Crippen LogP contribution in [0.2, 0.25) is 0 Å². The third-order valence-corrected chi connectivity index (χ3v) is 1.09. The van der Waals surface area contributed by atoms with Gasteiger partial charge in [-0.1, -0.05) is 0 Å². The van der Waals surface area contributed by atoms with Crippen molar-refractivity contribution >= 4 is 23.9 Å². The molecule has 0 amide bonds. The minimum absolute atomic E-state index is 0.562. The number of hydrogen-bond acceptors (Lipinski definition) is 7. The Kier molecular flexibility index (Phi) is 8.38. The first-order valence-corrected chi connectivity index (χ1v) is 4.10. The molecule has 0 aromatic rings. The van der Waals surface area contributed by atoms with Crippen molar-refractivity contribution < 1.29 is 44.3 Å². The first-order chi connectivity index (χ1) is 7.59. The van der Waals surface area contributed by atoms with Crippen LogP contribution >= 0.6 is 0 Å². The second-order valence-electron chi connectivity index (χ2n) is 2.65. The van der Waals surface area contributed by atoms with Crippen LogP contribution in [0.4, 0.5) is 0 Å². The number of aliphatic hydroxyl groups is 2. The zero-order valence-electron chi connectivity index (χ0n) is 8.98. The summed E-state index contributed by atoms with van der Waals surface area (Å²) < 4.78 is 3.97. The van der Waals surface area contributed by atoms with Crippen LogP contribution in [0.1, 0.15) is 13.8 Å². The van der Waals surface area contributed by atoms with E-state index < -0.39 is 36.1 Å². The van der Waals surface area contributed by atoms with Crippen LogP contribution in [0.5, 0.6) is 0 Å². The van der Waals surface area contributed by atoms with Crippen LogP contribution in [-0.4, -0.2) is 56.5 Å². The fourth-order valence-electron chi connectivity index (χ4n) is 0.473. The van der Waals surface area contributed by atoms with Gasteiger partial charge in [-0.25, -0.2) is 9.59 Å². The van der Waals surface area contributed by atoms with Crippen molar-refractivity contribution in [1.82, 2.24) is 0 Å². The number of carbonyl (C=O) groups is 4. The Balaban J connectivity index is 0. The molecule has 0 rings (SSSR count). The lowest BCUT2D eigenvalue weighted by Gasteiger charge is -2.07. The highest BCUT2D eigenvalue weighted by Gasteiger charge is 2.29. The van der Waals surface area contributed by atoms with Crippen LogP contribution in [0, 0.1) is 0 Å². The summed E-state index contributed by atoms with van der Waals surface area (Å²) in [5.74, 6) is -4.66. The normalized spacial score (nSPS) is 12.5. The second kappa shape index (κ2) is 8.19. The summed E-state index contributed by atoms with van der Waals surface area (Å²) in [6.07, 6.45) is -4.53. The number of esters is 2. The summed E-state index contributed by atoms with van der Waals surface area (Å²) in [5.41, 5.74) is 0. The molecule has 0 aromatic heterocycles. The minimum atomic E-state index is -2.27. The van der Waals surface area contributed by atoms with Crippen molar-refractivity contribution in [1.29, 1.82) is 0 Å². The van der Waals surface area contributed by atoms with Crippen molar-refractivity contribution in [2.45, 2.75) is 26.1 Å². The molecule has 0 aliphatic heterocycles. The number of aliphatic hydroxyl groups excluding tert-OH is 2. The van der Waals surface area contributed by atoms with Crippen LogP contribution in [0.3, 0.4) is 0 Å². The van der Waals surface area contributed by atoms with Crippen molar-refractivity contribution in [3.63, 3.8) is 0 Å². The molecule has 0 saturated carbocycles. The Morgan fingerprint density at radius 3 is 1.12 bits per heavy atom. The fourth-order valence-corrected chi connectivity index (χ4v) is 0.473. The monoisotopic (exact) mass is 252 g/mol. The molecular formula is C8H12O9. The molecule has 17 heavy (non-hydrogen) atoms. The van der Waals surface area contributed by atoms with Crippen molar-refractivity contribution in [3.8, 4) is 0 Å². The highest BCUT2D eigenvalue weighted by atomic mass is 16.6. The number of rotatable bonds is 3. The summed E-state index contributed by atoms with van der Waals surface area (Å²) in [6, 6.07) is 0. The van der Waals surface area contributed by atoms with E-state index in [1.165, 1.54) is 13.8 Å². The fraction of sp³-hybridized carbons (Fsp3) is 0.500. The number of aliphatic carboxylic acids is 2. The molecule has 0 bridgehead atoms. The molecule has 0 radical (unpaired) electrons. The first-order valence-electron chi connectivity index (χ1n) is 4.10. The smallest absolute Gasteiger partial charge is 0.335 e. The van der Waals surface area contributed by atoms with E-state index in [4.69, 9.17) is 20.4 Å². The van der Waals surface area contributed by atoms with Crippen LogP contribution < -0.4 is 0 Å². The van der Waals surface area contributed by atoms with Crippen LogP contribution in [-0.2, 0) is 23.9 Å². The van der Waals surface area contributed by atoms with Crippen LogP contribution in [0.15, 0.2) is 0 Å². The van der Waals surface area contributed by atoms with E-state index in [2.05, 4.69) is 4.74 Å². The van der Waals surface area contributed by atoms with Crippen molar-refractivity contribution in [2.75, 3.05) is 0 Å². The van der Waals surface area contributed by atoms with E-state index in [1.54, 1.807) is 0 Å². The van der Waals surface area contributed by atoms with E-state index in [1.807, 2.05) is 0 Å². The van der Waals surface area contributed by atoms with E-state index >= 15 is 0 Å². The van der Waals surface area contributed by atoms with Gasteiger partial charge >= 0.3 is 23.9 Å². The number of ether oxygens (including phenoxy) is 1. The van der Waals surface area contributed by atoms with Gasteiger partial charge in [0.05, 0.1) is 0 Å². The Hall–Kier alpha value is -2.00. The lowest BCUT2D eigenvalue weighted by atomic mass is 10.2. The van der Waals surface area contributed by atoms with E-state index in [9.17, 15) is 19.2 Å². The van der Waals surface area contributed by atoms with Crippen molar-refractivity contribution in [3.05, 3.63) is 0 Å². The maximum absolute atomic E-state index is 9.81. The highest BCUT2D eigenvalue weighted by Crippen LogP contribution is 1.92. The maximum atomic E-state index is 9.81. The van der Waals surface area contributed by atoms with Gasteiger partial charge in [-0.15, -0.1) is 0 Å². The predicted molar refractivity (Wildman–Crippen MR) is 49.7 cm³/mol. The summed E-state index contributed by atoms with van der Waals surface area (Å²) >= 11 is 0. The largest absolute Gasteiger partial charge is 0.479 e. The molecule has 9 heteroatoms. The van der Waals surface area contributed by atoms with Gasteiger partial charge in [0.1, 0.15) is 0 Å². The number of carboxylic acids is 2. The highest BCUT2D eigenvalue weighted by molar-refractivity contribution is 5.83. The van der Waals surface area contributed by atoms with Gasteiger partial charge in [-0.05, 0) is 0 Å². The quantitative estimate of drug-likeness (QED) is 0.328. The molecule has 0 saturated heterocycles. The number of carboxylic acid groups (broad SMARTS) is 2. The average Bonchev–Trinajstić information content (AvgIpc) is 2.13. The SMILES string of the molecule is CC(=O)OC(C)=O.O=C(O)C(O)C(O)C(=O)O. The minimum Gasteiger partial charge on any atom is -0.479 e. The van der Waals surface area contributed by atoms with E-state index in [0.717, 1.165) is 0 Å². The third kappa shape index (κ3) is 10.3. The number of hydrogen-bond donors (Lipinski definition) is 4. The van der Waals surface area contributed by atoms with Gasteiger partial charge < -0.3 is 25.2 Å². The third-order valence-electron chi connectivity index (χ3n) is 1.09.